The summed E-state index contributed by atoms with van der Waals surface area (Å²) in [5.41, 5.74) is 1.65. The van der Waals surface area contributed by atoms with E-state index in [1.165, 1.54) is 6.07 Å². The number of nitro benzene ring substituents is 1. The van der Waals surface area contributed by atoms with Crippen LogP contribution in [0.5, 0.6) is 5.75 Å². The van der Waals surface area contributed by atoms with Gasteiger partial charge in [0.1, 0.15) is 11.4 Å². The molecule has 5 heteroatoms. The lowest BCUT2D eigenvalue weighted by Gasteiger charge is -2.09. The van der Waals surface area contributed by atoms with Crippen LogP contribution in [-0.4, -0.2) is 18.1 Å². The van der Waals surface area contributed by atoms with Crippen molar-refractivity contribution < 1.29 is 9.66 Å². The third-order valence-corrected chi connectivity index (χ3v) is 3.00. The number of benzene rings is 2. The normalized spacial score (nSPS) is 10.1. The van der Waals surface area contributed by atoms with E-state index in [1.807, 2.05) is 37.3 Å². The second kappa shape index (κ2) is 7.28. The maximum Gasteiger partial charge on any atom is 0.292 e. The second-order valence-corrected chi connectivity index (χ2v) is 4.72. The fourth-order valence-corrected chi connectivity index (χ4v) is 1.95. The van der Waals surface area contributed by atoms with Crippen molar-refractivity contribution in [3.63, 3.8) is 0 Å². The molecule has 0 aliphatic carbocycles. The molecule has 2 aromatic carbocycles. The smallest absolute Gasteiger partial charge is 0.292 e. The maximum absolute atomic E-state index is 10.9. The molecule has 1 N–H and O–H groups in total. The average molecular weight is 286 g/mol. The van der Waals surface area contributed by atoms with Crippen molar-refractivity contribution in [3.05, 3.63) is 64.2 Å². The zero-order valence-electron chi connectivity index (χ0n) is 11.9. The van der Waals surface area contributed by atoms with Crippen molar-refractivity contribution in [2.75, 3.05) is 18.5 Å². The van der Waals surface area contributed by atoms with Crippen molar-refractivity contribution in [1.82, 2.24) is 0 Å². The van der Waals surface area contributed by atoms with Crippen LogP contribution < -0.4 is 10.1 Å². The summed E-state index contributed by atoms with van der Waals surface area (Å²) in [6.07, 6.45) is 0.764. The molecule has 0 atom stereocenters. The lowest BCUT2D eigenvalue weighted by Crippen LogP contribution is -2.08. The van der Waals surface area contributed by atoms with E-state index in [1.54, 1.807) is 12.1 Å². The Morgan fingerprint density at radius 3 is 2.67 bits per heavy atom. The van der Waals surface area contributed by atoms with Gasteiger partial charge in [0, 0.05) is 12.6 Å². The van der Waals surface area contributed by atoms with Crippen molar-refractivity contribution in [3.8, 4) is 5.75 Å². The molecule has 0 unspecified atom stereocenters. The molecule has 2 aromatic rings. The summed E-state index contributed by atoms with van der Waals surface area (Å²) in [6, 6.07) is 14.6. The number of rotatable bonds is 7. The quantitative estimate of drug-likeness (QED) is 0.478. The van der Waals surface area contributed by atoms with Crippen molar-refractivity contribution in [2.45, 2.75) is 13.3 Å². The number of nitrogens with zero attached hydrogens (tertiary/aromatic N) is 1. The first-order valence-electron chi connectivity index (χ1n) is 6.83. The summed E-state index contributed by atoms with van der Waals surface area (Å²) in [7, 11) is 0. The van der Waals surface area contributed by atoms with Crippen molar-refractivity contribution >= 4 is 11.4 Å². The standard InChI is InChI=1S/C16H18N2O3/c1-13-8-9-16(18(19)20)15(12-13)17-10-5-11-21-14-6-3-2-4-7-14/h2-4,6-9,12,17H,5,10-11H2,1H3. The van der Waals surface area contributed by atoms with Crippen LogP contribution in [0.2, 0.25) is 0 Å². The molecule has 0 amide bonds. The van der Waals surface area contributed by atoms with Crippen molar-refractivity contribution in [2.24, 2.45) is 0 Å². The monoisotopic (exact) mass is 286 g/mol. The van der Waals surface area contributed by atoms with Gasteiger partial charge in [-0.3, -0.25) is 10.1 Å². The van der Waals surface area contributed by atoms with Gasteiger partial charge in [0.2, 0.25) is 0 Å². The molecule has 0 saturated carbocycles. The van der Waals surface area contributed by atoms with Gasteiger partial charge < -0.3 is 10.1 Å². The fraction of sp³-hybridized carbons (Fsp3) is 0.250. The molecule has 0 aliphatic rings. The minimum absolute atomic E-state index is 0.101. The van der Waals surface area contributed by atoms with E-state index in [2.05, 4.69) is 5.32 Å². The lowest BCUT2D eigenvalue weighted by molar-refractivity contribution is -0.384. The average Bonchev–Trinajstić information content (AvgIpc) is 2.48. The molecule has 2 rings (SSSR count). The van der Waals surface area contributed by atoms with E-state index in [9.17, 15) is 10.1 Å². The molecule has 0 aromatic heterocycles. The Hall–Kier alpha value is -2.56. The summed E-state index contributed by atoms with van der Waals surface area (Å²) < 4.78 is 5.57. The number of hydrogen-bond acceptors (Lipinski definition) is 4. The third kappa shape index (κ3) is 4.49. The number of hydrogen-bond donors (Lipinski definition) is 1. The van der Waals surface area contributed by atoms with E-state index >= 15 is 0 Å². The number of aryl methyl sites for hydroxylation is 1. The highest BCUT2D eigenvalue weighted by atomic mass is 16.6. The van der Waals surface area contributed by atoms with E-state index in [-0.39, 0.29) is 10.6 Å². The molecule has 0 bridgehead atoms. The SMILES string of the molecule is Cc1ccc([N+](=O)[O-])c(NCCCOc2ccccc2)c1. The predicted octanol–water partition coefficient (Wildman–Crippen LogP) is 3.78. The van der Waals surface area contributed by atoms with Gasteiger partial charge in [-0.15, -0.1) is 0 Å². The molecule has 110 valence electrons. The van der Waals surface area contributed by atoms with Gasteiger partial charge in [0.25, 0.3) is 5.69 Å². The van der Waals surface area contributed by atoms with Gasteiger partial charge in [-0.05, 0) is 37.1 Å². The largest absolute Gasteiger partial charge is 0.494 e. The first-order valence-corrected chi connectivity index (χ1v) is 6.83. The molecule has 0 spiro atoms. The Morgan fingerprint density at radius 1 is 1.19 bits per heavy atom. The van der Waals surface area contributed by atoms with Crippen LogP contribution >= 0.6 is 0 Å². The minimum atomic E-state index is -0.373. The summed E-state index contributed by atoms with van der Waals surface area (Å²) >= 11 is 0. The highest BCUT2D eigenvalue weighted by molar-refractivity contribution is 5.62. The highest BCUT2D eigenvalue weighted by Crippen LogP contribution is 2.25. The van der Waals surface area contributed by atoms with Crippen LogP contribution in [0.4, 0.5) is 11.4 Å². The molecule has 0 aliphatic heterocycles. The summed E-state index contributed by atoms with van der Waals surface area (Å²) in [6.45, 7) is 3.10. The number of nitro groups is 1. The Kier molecular flexibility index (Phi) is 5.15. The van der Waals surface area contributed by atoms with Crippen LogP contribution in [0.3, 0.4) is 0 Å². The van der Waals surface area contributed by atoms with Crippen LogP contribution in [-0.2, 0) is 0 Å². The minimum Gasteiger partial charge on any atom is -0.494 e. The maximum atomic E-state index is 10.9. The number of anilines is 1. The molecular weight excluding hydrogens is 268 g/mol. The van der Waals surface area contributed by atoms with Crippen LogP contribution in [0, 0.1) is 17.0 Å². The first kappa shape index (κ1) is 14.8. The Balaban J connectivity index is 1.81. The van der Waals surface area contributed by atoms with Gasteiger partial charge in [-0.1, -0.05) is 24.3 Å². The Labute approximate surface area is 123 Å². The van der Waals surface area contributed by atoms with Gasteiger partial charge in [-0.2, -0.15) is 0 Å². The van der Waals surface area contributed by atoms with E-state index < -0.39 is 0 Å². The van der Waals surface area contributed by atoms with E-state index in [0.717, 1.165) is 17.7 Å². The molecular formula is C16H18N2O3. The summed E-state index contributed by atoms with van der Waals surface area (Å²) in [4.78, 5) is 10.6. The molecule has 5 nitrogen and oxygen atoms in total. The van der Waals surface area contributed by atoms with E-state index in [0.29, 0.717) is 18.8 Å². The molecule has 0 heterocycles. The highest BCUT2D eigenvalue weighted by Gasteiger charge is 2.12. The first-order chi connectivity index (χ1) is 10.2. The topological polar surface area (TPSA) is 64.4 Å². The Morgan fingerprint density at radius 2 is 1.95 bits per heavy atom. The number of ether oxygens (including phenoxy) is 1. The van der Waals surface area contributed by atoms with Gasteiger partial charge in [-0.25, -0.2) is 0 Å². The molecule has 21 heavy (non-hydrogen) atoms. The molecule has 0 fully saturated rings. The van der Waals surface area contributed by atoms with Gasteiger partial charge in [0.05, 0.1) is 11.5 Å². The van der Waals surface area contributed by atoms with Gasteiger partial charge >= 0.3 is 0 Å². The lowest BCUT2D eigenvalue weighted by atomic mass is 10.2. The van der Waals surface area contributed by atoms with Crippen molar-refractivity contribution in [1.29, 1.82) is 0 Å². The summed E-state index contributed by atoms with van der Waals surface area (Å²) in [5, 5.41) is 14.0. The van der Waals surface area contributed by atoms with E-state index in [4.69, 9.17) is 4.74 Å². The zero-order valence-corrected chi connectivity index (χ0v) is 11.9. The van der Waals surface area contributed by atoms with Crippen LogP contribution in [0.25, 0.3) is 0 Å². The van der Waals surface area contributed by atoms with Gasteiger partial charge in [0.15, 0.2) is 0 Å². The summed E-state index contributed by atoms with van der Waals surface area (Å²) in [5.74, 6) is 0.832. The Bertz CT molecular complexity index is 600. The predicted molar refractivity (Wildman–Crippen MR) is 82.9 cm³/mol. The van der Waals surface area contributed by atoms with Crippen LogP contribution in [0.1, 0.15) is 12.0 Å². The number of nitrogens with one attached hydrogen (secondary N) is 1. The molecule has 0 saturated heterocycles. The fourth-order valence-electron chi connectivity index (χ4n) is 1.95. The van der Waals surface area contributed by atoms with Crippen LogP contribution in [0.15, 0.2) is 48.5 Å². The third-order valence-electron chi connectivity index (χ3n) is 3.00. The zero-order chi connectivity index (χ0) is 15.1. The second-order valence-electron chi connectivity index (χ2n) is 4.72. The molecule has 0 radical (unpaired) electrons. The number of para-hydroxylation sites is 1.